The van der Waals surface area contributed by atoms with Crippen LogP contribution in [0.25, 0.3) is 0 Å². The van der Waals surface area contributed by atoms with Crippen LogP contribution in [0.4, 0.5) is 8.78 Å². The Hall–Kier alpha value is -0.220. The van der Waals surface area contributed by atoms with Crippen LogP contribution in [0.3, 0.4) is 0 Å². The van der Waals surface area contributed by atoms with Crippen molar-refractivity contribution in [3.63, 3.8) is 0 Å². The molecule has 0 aromatic carbocycles. The number of piperidine rings is 1. The third-order valence-corrected chi connectivity index (χ3v) is 4.08. The SMILES string of the molecule is CC(F)(F)COC1CCCCC1N1CCCCC1. The molecule has 1 saturated heterocycles. The topological polar surface area (TPSA) is 12.5 Å². The van der Waals surface area contributed by atoms with E-state index in [4.69, 9.17) is 4.74 Å². The molecule has 2 nitrogen and oxygen atoms in total. The summed E-state index contributed by atoms with van der Waals surface area (Å²) in [7, 11) is 0. The zero-order chi connectivity index (χ0) is 13.0. The fourth-order valence-electron chi connectivity index (χ4n) is 3.19. The molecule has 0 N–H and O–H groups in total. The van der Waals surface area contributed by atoms with E-state index in [1.54, 1.807) is 0 Å². The quantitative estimate of drug-likeness (QED) is 0.768. The van der Waals surface area contributed by atoms with Gasteiger partial charge in [-0.1, -0.05) is 19.3 Å². The van der Waals surface area contributed by atoms with Gasteiger partial charge in [0.15, 0.2) is 0 Å². The standard InChI is InChI=1S/C14H25F2NO/c1-14(15,16)11-18-13-8-4-3-7-12(13)17-9-5-2-6-10-17/h12-13H,2-11H2,1H3. The number of alkyl halides is 2. The molecule has 1 aliphatic carbocycles. The molecule has 2 atom stereocenters. The molecule has 106 valence electrons. The fourth-order valence-corrected chi connectivity index (χ4v) is 3.19. The van der Waals surface area contributed by atoms with Gasteiger partial charge in [-0.2, -0.15) is 0 Å². The molecule has 2 aliphatic rings. The molecule has 0 aromatic heterocycles. The molecule has 0 amide bonds. The van der Waals surface area contributed by atoms with Crippen molar-refractivity contribution >= 4 is 0 Å². The van der Waals surface area contributed by atoms with E-state index in [1.807, 2.05) is 0 Å². The molecule has 18 heavy (non-hydrogen) atoms. The van der Waals surface area contributed by atoms with Crippen molar-refractivity contribution in [3.05, 3.63) is 0 Å². The third kappa shape index (κ3) is 4.16. The Bertz CT molecular complexity index is 249. The van der Waals surface area contributed by atoms with Gasteiger partial charge in [0, 0.05) is 13.0 Å². The predicted octanol–water partition coefficient (Wildman–Crippen LogP) is 3.46. The minimum atomic E-state index is -2.70. The van der Waals surface area contributed by atoms with Gasteiger partial charge in [-0.3, -0.25) is 4.90 Å². The predicted molar refractivity (Wildman–Crippen MR) is 68.0 cm³/mol. The number of hydrogen-bond donors (Lipinski definition) is 0. The van der Waals surface area contributed by atoms with Crippen LogP contribution in [0.5, 0.6) is 0 Å². The highest BCUT2D eigenvalue weighted by Crippen LogP contribution is 2.29. The first-order chi connectivity index (χ1) is 8.56. The minimum absolute atomic E-state index is 0.0164. The summed E-state index contributed by atoms with van der Waals surface area (Å²) in [6.45, 7) is 2.74. The number of halogens is 2. The molecule has 0 radical (unpaired) electrons. The molecule has 4 heteroatoms. The maximum absolute atomic E-state index is 12.9. The summed E-state index contributed by atoms with van der Waals surface area (Å²) in [6, 6.07) is 0.376. The summed E-state index contributed by atoms with van der Waals surface area (Å²) in [5.74, 6) is -2.70. The third-order valence-electron chi connectivity index (χ3n) is 4.08. The second-order valence-corrected chi connectivity index (χ2v) is 5.87. The van der Waals surface area contributed by atoms with Crippen molar-refractivity contribution in [3.8, 4) is 0 Å². The molecule has 2 rings (SSSR count). The zero-order valence-electron chi connectivity index (χ0n) is 11.3. The number of hydrogen-bond acceptors (Lipinski definition) is 2. The molecule has 2 unspecified atom stereocenters. The lowest BCUT2D eigenvalue weighted by atomic mass is 9.90. The molecule has 0 aromatic rings. The van der Waals surface area contributed by atoms with Crippen LogP contribution < -0.4 is 0 Å². The first-order valence-corrected chi connectivity index (χ1v) is 7.30. The van der Waals surface area contributed by atoms with Crippen molar-refractivity contribution in [1.29, 1.82) is 0 Å². The van der Waals surface area contributed by atoms with Crippen LogP contribution in [0.1, 0.15) is 51.9 Å². The summed E-state index contributed by atoms with van der Waals surface area (Å²) in [4.78, 5) is 2.47. The second kappa shape index (κ2) is 6.29. The van der Waals surface area contributed by atoms with Crippen LogP contribution in [0, 0.1) is 0 Å². The van der Waals surface area contributed by atoms with Crippen molar-refractivity contribution in [2.24, 2.45) is 0 Å². The Balaban J connectivity index is 1.88. The molecule has 1 saturated carbocycles. The highest BCUT2D eigenvalue weighted by atomic mass is 19.3. The Morgan fingerprint density at radius 1 is 1.06 bits per heavy atom. The van der Waals surface area contributed by atoms with Gasteiger partial charge in [-0.25, -0.2) is 8.78 Å². The molecular weight excluding hydrogens is 236 g/mol. The van der Waals surface area contributed by atoms with Gasteiger partial charge in [0.2, 0.25) is 0 Å². The van der Waals surface area contributed by atoms with Crippen LogP contribution in [-0.2, 0) is 4.74 Å². The van der Waals surface area contributed by atoms with E-state index in [0.717, 1.165) is 39.3 Å². The van der Waals surface area contributed by atoms with Crippen LogP contribution in [0.2, 0.25) is 0 Å². The van der Waals surface area contributed by atoms with E-state index in [9.17, 15) is 8.78 Å². The van der Waals surface area contributed by atoms with E-state index < -0.39 is 12.5 Å². The van der Waals surface area contributed by atoms with Crippen molar-refractivity contribution in [1.82, 2.24) is 4.90 Å². The highest BCUT2D eigenvalue weighted by molar-refractivity contribution is 4.86. The Morgan fingerprint density at radius 2 is 1.72 bits per heavy atom. The van der Waals surface area contributed by atoms with Gasteiger partial charge in [0.25, 0.3) is 5.92 Å². The maximum atomic E-state index is 12.9. The van der Waals surface area contributed by atoms with Gasteiger partial charge in [0.1, 0.15) is 6.61 Å². The first kappa shape index (κ1) is 14.2. The van der Waals surface area contributed by atoms with E-state index in [-0.39, 0.29) is 6.10 Å². The molecule has 0 spiro atoms. The maximum Gasteiger partial charge on any atom is 0.268 e. The van der Waals surface area contributed by atoms with Crippen molar-refractivity contribution in [2.75, 3.05) is 19.7 Å². The first-order valence-electron chi connectivity index (χ1n) is 7.30. The van der Waals surface area contributed by atoms with Gasteiger partial charge in [-0.15, -0.1) is 0 Å². The Morgan fingerprint density at radius 3 is 2.39 bits per heavy atom. The molecule has 0 bridgehead atoms. The minimum Gasteiger partial charge on any atom is -0.370 e. The lowest BCUT2D eigenvalue weighted by Gasteiger charge is -2.41. The van der Waals surface area contributed by atoms with Crippen LogP contribution >= 0.6 is 0 Å². The lowest BCUT2D eigenvalue weighted by Crippen LogP contribution is -2.49. The van der Waals surface area contributed by atoms with Gasteiger partial charge < -0.3 is 4.74 Å². The van der Waals surface area contributed by atoms with E-state index >= 15 is 0 Å². The molecule has 1 heterocycles. The Kier molecular flexibility index (Phi) is 4.96. The monoisotopic (exact) mass is 261 g/mol. The van der Waals surface area contributed by atoms with Gasteiger partial charge >= 0.3 is 0 Å². The van der Waals surface area contributed by atoms with Crippen LogP contribution in [-0.4, -0.2) is 42.7 Å². The highest BCUT2D eigenvalue weighted by Gasteiger charge is 2.33. The average molecular weight is 261 g/mol. The summed E-state index contributed by atoms with van der Waals surface area (Å²) in [5, 5.41) is 0. The second-order valence-electron chi connectivity index (χ2n) is 5.87. The van der Waals surface area contributed by atoms with E-state index in [1.165, 1.54) is 25.7 Å². The summed E-state index contributed by atoms with van der Waals surface area (Å²) < 4.78 is 31.3. The number of likely N-dealkylation sites (tertiary alicyclic amines) is 1. The van der Waals surface area contributed by atoms with Crippen LogP contribution in [0.15, 0.2) is 0 Å². The van der Waals surface area contributed by atoms with E-state index in [2.05, 4.69) is 4.90 Å². The Labute approximate surface area is 109 Å². The fraction of sp³-hybridized carbons (Fsp3) is 1.00. The normalized spacial score (nSPS) is 31.5. The molecule has 1 aliphatic heterocycles. The summed E-state index contributed by atoms with van der Waals surface area (Å²) in [6.07, 6.45) is 8.19. The van der Waals surface area contributed by atoms with E-state index in [0.29, 0.717) is 6.04 Å². The number of nitrogens with zero attached hydrogens (tertiary/aromatic N) is 1. The van der Waals surface area contributed by atoms with Crippen molar-refractivity contribution < 1.29 is 13.5 Å². The smallest absolute Gasteiger partial charge is 0.268 e. The largest absolute Gasteiger partial charge is 0.370 e. The van der Waals surface area contributed by atoms with Crippen molar-refractivity contribution in [2.45, 2.75) is 69.9 Å². The van der Waals surface area contributed by atoms with Gasteiger partial charge in [0.05, 0.1) is 6.10 Å². The summed E-state index contributed by atoms with van der Waals surface area (Å²) in [5.41, 5.74) is 0. The number of ether oxygens (including phenoxy) is 1. The van der Waals surface area contributed by atoms with Gasteiger partial charge in [-0.05, 0) is 38.8 Å². The zero-order valence-corrected chi connectivity index (χ0v) is 11.3. The summed E-state index contributed by atoms with van der Waals surface area (Å²) >= 11 is 0. The molecular formula is C14H25F2NO. The molecule has 2 fully saturated rings. The number of rotatable bonds is 4. The average Bonchev–Trinajstić information content (AvgIpc) is 2.37. The lowest BCUT2D eigenvalue weighted by molar-refractivity contribution is -0.116.